The first-order valence-corrected chi connectivity index (χ1v) is 12.2. The second-order valence-electron chi connectivity index (χ2n) is 8.19. The summed E-state index contributed by atoms with van der Waals surface area (Å²) >= 11 is 1.45. The molecule has 1 amide bonds. The zero-order valence-corrected chi connectivity index (χ0v) is 19.8. The highest BCUT2D eigenvalue weighted by Gasteiger charge is 2.27. The fourth-order valence-corrected chi connectivity index (χ4v) is 5.55. The number of carbonyl (C=O) groups is 1. The van der Waals surface area contributed by atoms with Crippen molar-refractivity contribution in [1.82, 2.24) is 10.0 Å². The lowest BCUT2D eigenvalue weighted by atomic mass is 10.0. The maximum absolute atomic E-state index is 13.4. The Bertz CT molecular complexity index is 1190. The van der Waals surface area contributed by atoms with Gasteiger partial charge in [-0.25, -0.2) is 17.5 Å². The molecule has 32 heavy (non-hydrogen) atoms. The van der Waals surface area contributed by atoms with Crippen molar-refractivity contribution in [1.29, 1.82) is 0 Å². The molecule has 1 unspecified atom stereocenters. The van der Waals surface area contributed by atoms with Crippen molar-refractivity contribution >= 4 is 27.3 Å². The van der Waals surface area contributed by atoms with Crippen LogP contribution in [0.4, 0.5) is 4.39 Å². The van der Waals surface area contributed by atoms with Gasteiger partial charge in [-0.05, 0) is 68.1 Å². The fourth-order valence-electron chi connectivity index (χ4n) is 3.13. The van der Waals surface area contributed by atoms with Crippen LogP contribution in [0.5, 0.6) is 5.75 Å². The Balaban J connectivity index is 1.96. The topological polar surface area (TPSA) is 84.5 Å². The number of halogens is 1. The van der Waals surface area contributed by atoms with Gasteiger partial charge >= 0.3 is 0 Å². The van der Waals surface area contributed by atoms with Crippen molar-refractivity contribution in [2.75, 3.05) is 7.11 Å². The van der Waals surface area contributed by atoms with Crippen LogP contribution in [-0.4, -0.2) is 27.0 Å². The smallest absolute Gasteiger partial charge is 0.252 e. The molecule has 9 heteroatoms. The van der Waals surface area contributed by atoms with E-state index in [-0.39, 0.29) is 22.0 Å². The zero-order chi connectivity index (χ0) is 23.5. The van der Waals surface area contributed by atoms with Gasteiger partial charge in [0.05, 0.1) is 13.2 Å². The number of thiophene rings is 1. The minimum Gasteiger partial charge on any atom is -0.495 e. The maximum Gasteiger partial charge on any atom is 0.252 e. The Hall–Kier alpha value is -2.75. The molecule has 0 aliphatic heterocycles. The molecule has 6 nitrogen and oxygen atoms in total. The molecule has 1 heterocycles. The molecule has 1 aromatic heterocycles. The van der Waals surface area contributed by atoms with Crippen LogP contribution in [0.2, 0.25) is 0 Å². The zero-order valence-electron chi connectivity index (χ0n) is 18.2. The molecule has 3 rings (SSSR count). The summed E-state index contributed by atoms with van der Waals surface area (Å²) in [5.74, 6) is -0.712. The van der Waals surface area contributed by atoms with E-state index >= 15 is 0 Å². The highest BCUT2D eigenvalue weighted by atomic mass is 32.2. The molecule has 0 saturated heterocycles. The van der Waals surface area contributed by atoms with Gasteiger partial charge in [-0.3, -0.25) is 4.79 Å². The van der Waals surface area contributed by atoms with Crippen molar-refractivity contribution in [2.45, 2.75) is 37.2 Å². The van der Waals surface area contributed by atoms with Crippen LogP contribution in [0.1, 0.15) is 47.6 Å². The summed E-state index contributed by atoms with van der Waals surface area (Å²) in [7, 11) is -2.57. The largest absolute Gasteiger partial charge is 0.495 e. The molecule has 3 aromatic rings. The van der Waals surface area contributed by atoms with E-state index < -0.39 is 27.5 Å². The first-order chi connectivity index (χ1) is 15.0. The number of amides is 1. The van der Waals surface area contributed by atoms with E-state index in [1.165, 1.54) is 48.8 Å². The molecule has 0 radical (unpaired) electrons. The van der Waals surface area contributed by atoms with Gasteiger partial charge < -0.3 is 10.1 Å². The van der Waals surface area contributed by atoms with E-state index in [4.69, 9.17) is 4.74 Å². The molecule has 0 fully saturated rings. The van der Waals surface area contributed by atoms with Crippen LogP contribution in [0.25, 0.3) is 0 Å². The number of benzene rings is 2. The summed E-state index contributed by atoms with van der Waals surface area (Å²) in [5.41, 5.74) is 0.149. The molecule has 0 bridgehead atoms. The molecule has 0 aliphatic rings. The number of rotatable bonds is 7. The number of hydrogen-bond acceptors (Lipinski definition) is 5. The first kappa shape index (κ1) is 23.9. The average Bonchev–Trinajstić information content (AvgIpc) is 3.25. The van der Waals surface area contributed by atoms with E-state index in [1.54, 1.807) is 32.9 Å². The van der Waals surface area contributed by atoms with Crippen LogP contribution in [0.3, 0.4) is 0 Å². The molecular formula is C23H25FN2O4S2. The highest BCUT2D eigenvalue weighted by Crippen LogP contribution is 2.29. The van der Waals surface area contributed by atoms with Crippen LogP contribution in [0, 0.1) is 5.82 Å². The molecule has 0 aliphatic carbocycles. The molecule has 1 atom stereocenters. The summed E-state index contributed by atoms with van der Waals surface area (Å²) < 4.78 is 47.0. The molecule has 0 spiro atoms. The van der Waals surface area contributed by atoms with Gasteiger partial charge in [0.25, 0.3) is 5.91 Å². The van der Waals surface area contributed by atoms with Crippen LogP contribution in [0.15, 0.2) is 64.9 Å². The van der Waals surface area contributed by atoms with Crippen LogP contribution in [-0.2, 0) is 10.0 Å². The molecule has 0 saturated carbocycles. The minimum absolute atomic E-state index is 0.128. The van der Waals surface area contributed by atoms with Crippen molar-refractivity contribution in [3.05, 3.63) is 81.8 Å². The van der Waals surface area contributed by atoms with Crippen LogP contribution >= 0.6 is 11.3 Å². The van der Waals surface area contributed by atoms with E-state index in [0.717, 1.165) is 4.88 Å². The van der Waals surface area contributed by atoms with E-state index in [2.05, 4.69) is 10.0 Å². The summed E-state index contributed by atoms with van der Waals surface area (Å²) in [6, 6.07) is 13.3. The van der Waals surface area contributed by atoms with Crippen molar-refractivity contribution < 1.29 is 22.3 Å². The SMILES string of the molecule is COc1ccc(C(=O)NC(c2ccc(F)cc2)c2cccs2)cc1S(=O)(=O)NC(C)(C)C. The van der Waals surface area contributed by atoms with E-state index in [0.29, 0.717) is 5.56 Å². The van der Waals surface area contributed by atoms with Gasteiger partial charge in [0.15, 0.2) is 0 Å². The second-order valence-corrected chi connectivity index (χ2v) is 10.8. The van der Waals surface area contributed by atoms with Gasteiger partial charge in [0.1, 0.15) is 16.5 Å². The molecule has 170 valence electrons. The van der Waals surface area contributed by atoms with Gasteiger partial charge in [0, 0.05) is 16.0 Å². The lowest BCUT2D eigenvalue weighted by Gasteiger charge is -2.22. The summed E-state index contributed by atoms with van der Waals surface area (Å²) in [5, 5.41) is 4.81. The number of hydrogen-bond donors (Lipinski definition) is 2. The number of ether oxygens (including phenoxy) is 1. The lowest BCUT2D eigenvalue weighted by molar-refractivity contribution is 0.0943. The van der Waals surface area contributed by atoms with Crippen molar-refractivity contribution in [3.63, 3.8) is 0 Å². The summed E-state index contributed by atoms with van der Waals surface area (Å²) in [6.45, 7) is 5.17. The predicted molar refractivity (Wildman–Crippen MR) is 123 cm³/mol. The first-order valence-electron chi connectivity index (χ1n) is 9.82. The third-order valence-electron chi connectivity index (χ3n) is 4.46. The molecule has 2 aromatic carbocycles. The number of carbonyl (C=O) groups excluding carboxylic acids is 1. The number of nitrogens with one attached hydrogen (secondary N) is 2. The normalized spacial score (nSPS) is 12.9. The minimum atomic E-state index is -3.94. The third kappa shape index (κ3) is 5.73. The van der Waals surface area contributed by atoms with Crippen molar-refractivity contribution in [3.8, 4) is 5.75 Å². The maximum atomic E-state index is 13.4. The fraction of sp³-hybridized carbons (Fsp3) is 0.261. The van der Waals surface area contributed by atoms with E-state index in [1.807, 2.05) is 17.5 Å². The van der Waals surface area contributed by atoms with Crippen LogP contribution < -0.4 is 14.8 Å². The van der Waals surface area contributed by atoms with Crippen molar-refractivity contribution in [2.24, 2.45) is 0 Å². The Labute approximate surface area is 191 Å². The van der Waals surface area contributed by atoms with Gasteiger partial charge in [-0.2, -0.15) is 0 Å². The highest BCUT2D eigenvalue weighted by molar-refractivity contribution is 7.89. The molecular weight excluding hydrogens is 451 g/mol. The summed E-state index contributed by atoms with van der Waals surface area (Å²) in [6.07, 6.45) is 0. The third-order valence-corrected chi connectivity index (χ3v) is 7.18. The quantitative estimate of drug-likeness (QED) is 0.526. The van der Waals surface area contributed by atoms with Gasteiger partial charge in [0.2, 0.25) is 10.0 Å². The molecule has 2 N–H and O–H groups in total. The Morgan fingerprint density at radius 2 is 1.78 bits per heavy atom. The van der Waals surface area contributed by atoms with Gasteiger partial charge in [-0.15, -0.1) is 11.3 Å². The Kier molecular flexibility index (Phi) is 7.02. The lowest BCUT2D eigenvalue weighted by Crippen LogP contribution is -2.40. The summed E-state index contributed by atoms with van der Waals surface area (Å²) in [4.78, 5) is 13.9. The Morgan fingerprint density at radius 3 is 2.34 bits per heavy atom. The van der Waals surface area contributed by atoms with E-state index in [9.17, 15) is 17.6 Å². The standard InChI is InChI=1S/C23H25FN2O4S2/c1-23(2,3)26-32(28,29)20-14-16(9-12-18(20)30-4)22(27)25-21(19-6-5-13-31-19)15-7-10-17(24)11-8-15/h5-14,21,26H,1-4H3,(H,25,27). The van der Waals surface area contributed by atoms with Gasteiger partial charge in [-0.1, -0.05) is 18.2 Å². The predicted octanol–water partition coefficient (Wildman–Crippen LogP) is 4.49. The monoisotopic (exact) mass is 476 g/mol. The number of sulfonamides is 1. The average molecular weight is 477 g/mol. The second kappa shape index (κ2) is 9.40. The number of methoxy groups -OCH3 is 1. The Morgan fingerprint density at radius 1 is 1.09 bits per heavy atom.